The number of fused-ring (bicyclic) bond motifs is 1. The van der Waals surface area contributed by atoms with Gasteiger partial charge in [0.1, 0.15) is 0 Å². The van der Waals surface area contributed by atoms with Gasteiger partial charge in [0.25, 0.3) is 5.91 Å². The van der Waals surface area contributed by atoms with Crippen molar-refractivity contribution in [1.82, 2.24) is 10.3 Å². The van der Waals surface area contributed by atoms with Gasteiger partial charge in [0, 0.05) is 27.7 Å². The molecule has 1 heterocycles. The third kappa shape index (κ3) is 1.91. The summed E-state index contributed by atoms with van der Waals surface area (Å²) in [6, 6.07) is 5.92. The summed E-state index contributed by atoms with van der Waals surface area (Å²) in [5.41, 5.74) is 2.54. The second-order valence-electron chi connectivity index (χ2n) is 4.56. The third-order valence-electron chi connectivity index (χ3n) is 3.09. The number of amides is 1. The number of rotatable bonds is 2. The summed E-state index contributed by atoms with van der Waals surface area (Å²) in [6.07, 6.45) is 2.19. The molecule has 1 aliphatic carbocycles. The summed E-state index contributed by atoms with van der Waals surface area (Å²) in [4.78, 5) is 15.3. The molecule has 1 amide bonds. The van der Waals surface area contributed by atoms with E-state index in [2.05, 4.69) is 10.3 Å². The standard InChI is InChI=1S/C13H13ClN2O/c1-7-12(13(17)16-9-3-4-9)10-5-2-8(14)6-11(10)15-7/h2,5-6,9,15H,3-4H2,1H3,(H,16,17). The van der Waals surface area contributed by atoms with E-state index in [0.717, 1.165) is 35.0 Å². The quantitative estimate of drug-likeness (QED) is 0.843. The maximum absolute atomic E-state index is 12.1. The van der Waals surface area contributed by atoms with Gasteiger partial charge in [-0.05, 0) is 31.9 Å². The van der Waals surface area contributed by atoms with E-state index >= 15 is 0 Å². The van der Waals surface area contributed by atoms with Gasteiger partial charge in [-0.1, -0.05) is 17.7 Å². The first-order chi connectivity index (χ1) is 8.15. The van der Waals surface area contributed by atoms with E-state index in [1.54, 1.807) is 0 Å². The van der Waals surface area contributed by atoms with Gasteiger partial charge in [-0.3, -0.25) is 4.79 Å². The first kappa shape index (κ1) is 10.7. The fourth-order valence-corrected chi connectivity index (χ4v) is 2.25. The van der Waals surface area contributed by atoms with Crippen LogP contribution in [-0.2, 0) is 0 Å². The van der Waals surface area contributed by atoms with E-state index in [1.165, 1.54) is 0 Å². The van der Waals surface area contributed by atoms with Crippen LogP contribution in [0.1, 0.15) is 28.9 Å². The van der Waals surface area contributed by atoms with Gasteiger partial charge >= 0.3 is 0 Å². The molecule has 1 aromatic carbocycles. The molecular weight excluding hydrogens is 236 g/mol. The largest absolute Gasteiger partial charge is 0.358 e. The van der Waals surface area contributed by atoms with Crippen molar-refractivity contribution in [3.8, 4) is 0 Å². The second-order valence-corrected chi connectivity index (χ2v) is 5.00. The van der Waals surface area contributed by atoms with Gasteiger partial charge in [0.2, 0.25) is 0 Å². The SMILES string of the molecule is Cc1[nH]c2cc(Cl)ccc2c1C(=O)NC1CC1. The number of aryl methyl sites for hydroxylation is 1. The van der Waals surface area contributed by atoms with Crippen LogP contribution in [0.5, 0.6) is 0 Å². The van der Waals surface area contributed by atoms with Crippen molar-refractivity contribution >= 4 is 28.4 Å². The number of halogens is 1. The van der Waals surface area contributed by atoms with Gasteiger partial charge in [0.15, 0.2) is 0 Å². The number of nitrogens with one attached hydrogen (secondary N) is 2. The molecule has 0 radical (unpaired) electrons. The third-order valence-corrected chi connectivity index (χ3v) is 3.32. The minimum Gasteiger partial charge on any atom is -0.358 e. The Kier molecular flexibility index (Phi) is 2.37. The van der Waals surface area contributed by atoms with Crippen molar-refractivity contribution < 1.29 is 4.79 Å². The van der Waals surface area contributed by atoms with Crippen molar-refractivity contribution in [2.24, 2.45) is 0 Å². The predicted molar refractivity (Wildman–Crippen MR) is 68.5 cm³/mol. The summed E-state index contributed by atoms with van der Waals surface area (Å²) in [7, 11) is 0. The minimum absolute atomic E-state index is 0.0126. The molecule has 17 heavy (non-hydrogen) atoms. The summed E-state index contributed by atoms with van der Waals surface area (Å²) in [6.45, 7) is 1.91. The van der Waals surface area contributed by atoms with E-state index < -0.39 is 0 Å². The number of carbonyl (C=O) groups excluding carboxylic acids is 1. The minimum atomic E-state index is 0.0126. The van der Waals surface area contributed by atoms with Crippen molar-refractivity contribution in [2.75, 3.05) is 0 Å². The number of H-pyrrole nitrogens is 1. The van der Waals surface area contributed by atoms with Crippen molar-refractivity contribution in [1.29, 1.82) is 0 Å². The molecule has 2 N–H and O–H groups in total. The fraction of sp³-hybridized carbons (Fsp3) is 0.308. The van der Waals surface area contributed by atoms with Gasteiger partial charge in [-0.25, -0.2) is 0 Å². The van der Waals surface area contributed by atoms with Crippen molar-refractivity contribution in [3.63, 3.8) is 0 Å². The highest BCUT2D eigenvalue weighted by Crippen LogP contribution is 2.26. The molecule has 1 aromatic heterocycles. The highest BCUT2D eigenvalue weighted by molar-refractivity contribution is 6.31. The second kappa shape index (κ2) is 3.77. The molecule has 1 fully saturated rings. The molecular formula is C13H13ClN2O. The molecule has 0 spiro atoms. The zero-order valence-corrected chi connectivity index (χ0v) is 10.3. The smallest absolute Gasteiger partial charge is 0.253 e. The van der Waals surface area contributed by atoms with Crippen LogP contribution >= 0.6 is 11.6 Å². The molecule has 0 atom stereocenters. The fourth-order valence-electron chi connectivity index (χ4n) is 2.08. The molecule has 3 rings (SSSR count). The van der Waals surface area contributed by atoms with E-state index in [-0.39, 0.29) is 5.91 Å². The van der Waals surface area contributed by atoms with Crippen LogP contribution in [0.15, 0.2) is 18.2 Å². The lowest BCUT2D eigenvalue weighted by Gasteiger charge is -2.03. The van der Waals surface area contributed by atoms with Crippen molar-refractivity contribution in [2.45, 2.75) is 25.8 Å². The molecule has 0 saturated heterocycles. The van der Waals surface area contributed by atoms with Crippen LogP contribution in [0.3, 0.4) is 0 Å². The van der Waals surface area contributed by atoms with Crippen LogP contribution in [0, 0.1) is 6.92 Å². The van der Waals surface area contributed by atoms with Crippen LogP contribution in [0.25, 0.3) is 10.9 Å². The molecule has 0 aliphatic heterocycles. The summed E-state index contributed by atoms with van der Waals surface area (Å²) in [5.74, 6) is 0.0126. The Bertz CT molecular complexity index is 599. The number of aromatic amines is 1. The van der Waals surface area contributed by atoms with Crippen LogP contribution in [0.2, 0.25) is 5.02 Å². The van der Waals surface area contributed by atoms with Crippen LogP contribution < -0.4 is 5.32 Å². The van der Waals surface area contributed by atoms with Gasteiger partial charge < -0.3 is 10.3 Å². The molecule has 1 aliphatic rings. The van der Waals surface area contributed by atoms with Gasteiger partial charge in [-0.15, -0.1) is 0 Å². The molecule has 2 aromatic rings. The number of aromatic nitrogens is 1. The molecule has 4 heteroatoms. The molecule has 0 bridgehead atoms. The molecule has 88 valence electrons. The lowest BCUT2D eigenvalue weighted by molar-refractivity contribution is 0.0952. The number of carbonyl (C=O) groups is 1. The zero-order valence-electron chi connectivity index (χ0n) is 9.51. The zero-order chi connectivity index (χ0) is 12.0. The number of hydrogen-bond donors (Lipinski definition) is 2. The average molecular weight is 249 g/mol. The van der Waals surface area contributed by atoms with Crippen LogP contribution in [0.4, 0.5) is 0 Å². The number of hydrogen-bond acceptors (Lipinski definition) is 1. The molecule has 3 nitrogen and oxygen atoms in total. The summed E-state index contributed by atoms with van der Waals surface area (Å²) in [5, 5.41) is 4.62. The Morgan fingerprint density at radius 3 is 2.94 bits per heavy atom. The Hall–Kier alpha value is -1.48. The Labute approximate surface area is 104 Å². The predicted octanol–water partition coefficient (Wildman–Crippen LogP) is 3.02. The van der Waals surface area contributed by atoms with Crippen LogP contribution in [-0.4, -0.2) is 16.9 Å². The first-order valence-corrected chi connectivity index (χ1v) is 6.11. The van der Waals surface area contributed by atoms with Gasteiger partial charge in [0.05, 0.1) is 5.56 Å². The lowest BCUT2D eigenvalue weighted by atomic mass is 10.1. The monoisotopic (exact) mass is 248 g/mol. The molecule has 0 unspecified atom stereocenters. The summed E-state index contributed by atoms with van der Waals surface area (Å²) >= 11 is 5.93. The Balaban J connectivity index is 2.07. The van der Waals surface area contributed by atoms with Crippen molar-refractivity contribution in [3.05, 3.63) is 34.5 Å². The average Bonchev–Trinajstić information content (AvgIpc) is 2.99. The lowest BCUT2D eigenvalue weighted by Crippen LogP contribution is -2.25. The van der Waals surface area contributed by atoms with E-state index in [4.69, 9.17) is 11.6 Å². The van der Waals surface area contributed by atoms with Gasteiger partial charge in [-0.2, -0.15) is 0 Å². The molecule has 1 saturated carbocycles. The van der Waals surface area contributed by atoms with E-state index in [0.29, 0.717) is 11.1 Å². The number of benzene rings is 1. The maximum Gasteiger partial charge on any atom is 0.253 e. The topological polar surface area (TPSA) is 44.9 Å². The maximum atomic E-state index is 12.1. The Morgan fingerprint density at radius 2 is 2.24 bits per heavy atom. The highest BCUT2D eigenvalue weighted by Gasteiger charge is 2.25. The first-order valence-electron chi connectivity index (χ1n) is 5.74. The van der Waals surface area contributed by atoms with E-state index in [1.807, 2.05) is 25.1 Å². The highest BCUT2D eigenvalue weighted by atomic mass is 35.5. The normalized spacial score (nSPS) is 15.2. The Morgan fingerprint density at radius 1 is 1.47 bits per heavy atom. The van der Waals surface area contributed by atoms with E-state index in [9.17, 15) is 4.79 Å². The summed E-state index contributed by atoms with van der Waals surface area (Å²) < 4.78 is 0.